The number of carboxylic acid groups (broad SMARTS) is 1. The fourth-order valence-electron chi connectivity index (χ4n) is 1.64. The van der Waals surface area contributed by atoms with Crippen molar-refractivity contribution in [1.29, 1.82) is 0 Å². The van der Waals surface area contributed by atoms with Crippen molar-refractivity contribution < 1.29 is 9.90 Å². The Bertz CT molecular complexity index is 587. The molecule has 102 valence electrons. The Morgan fingerprint density at radius 2 is 2.37 bits per heavy atom. The zero-order chi connectivity index (χ0) is 13.8. The number of carboxylic acids is 1. The van der Waals surface area contributed by atoms with E-state index >= 15 is 0 Å². The first kappa shape index (κ1) is 14.0. The summed E-state index contributed by atoms with van der Waals surface area (Å²) < 4.78 is 1.69. The second-order valence-corrected chi connectivity index (χ2v) is 5.94. The molecule has 6 nitrogen and oxygen atoms in total. The second kappa shape index (κ2) is 6.16. The number of thioether (sulfide) groups is 1. The van der Waals surface area contributed by atoms with E-state index in [4.69, 9.17) is 5.11 Å². The summed E-state index contributed by atoms with van der Waals surface area (Å²) in [6.45, 7) is 1.95. The number of rotatable bonds is 6. The minimum Gasteiger partial charge on any atom is -0.480 e. The Morgan fingerprint density at radius 1 is 1.58 bits per heavy atom. The fourth-order valence-corrected chi connectivity index (χ4v) is 3.10. The van der Waals surface area contributed by atoms with Gasteiger partial charge in [-0.15, -0.1) is 11.3 Å². The lowest BCUT2D eigenvalue weighted by molar-refractivity contribution is -0.138. The highest BCUT2D eigenvalue weighted by Crippen LogP contribution is 2.31. The van der Waals surface area contributed by atoms with E-state index in [1.165, 1.54) is 29.4 Å². The number of hydrogen-bond acceptors (Lipinski definition) is 7. The molecule has 0 aliphatic heterocycles. The number of nitrogens with zero attached hydrogens (tertiary/aromatic N) is 3. The fraction of sp³-hybridized carbons (Fsp3) is 0.455. The molecule has 2 aromatic rings. The van der Waals surface area contributed by atoms with Crippen molar-refractivity contribution in [3.8, 4) is 0 Å². The molecule has 0 bridgehead atoms. The first-order valence-electron chi connectivity index (χ1n) is 5.80. The smallest absolute Gasteiger partial charge is 0.326 e. The van der Waals surface area contributed by atoms with Crippen LogP contribution in [0.15, 0.2) is 10.7 Å². The number of aromatic nitrogens is 3. The van der Waals surface area contributed by atoms with Crippen LogP contribution < -0.4 is 5.32 Å². The van der Waals surface area contributed by atoms with Gasteiger partial charge in [0.05, 0.1) is 0 Å². The van der Waals surface area contributed by atoms with E-state index in [0.29, 0.717) is 17.9 Å². The van der Waals surface area contributed by atoms with Crippen molar-refractivity contribution in [2.75, 3.05) is 11.6 Å². The van der Waals surface area contributed by atoms with E-state index in [-0.39, 0.29) is 0 Å². The Kier molecular flexibility index (Phi) is 4.54. The molecule has 1 atom stereocenters. The summed E-state index contributed by atoms with van der Waals surface area (Å²) in [6, 6.07) is -0.636. The first-order chi connectivity index (χ1) is 9.15. The molecule has 0 amide bonds. The molecule has 0 saturated carbocycles. The van der Waals surface area contributed by atoms with Gasteiger partial charge in [-0.2, -0.15) is 0 Å². The number of nitrogens with one attached hydrogen (secondary N) is 1. The topological polar surface area (TPSA) is 88.0 Å². The van der Waals surface area contributed by atoms with Crippen molar-refractivity contribution in [1.82, 2.24) is 15.0 Å². The number of thiazole rings is 1. The lowest BCUT2D eigenvalue weighted by Crippen LogP contribution is -2.29. The van der Waals surface area contributed by atoms with E-state index in [2.05, 4.69) is 20.3 Å². The summed E-state index contributed by atoms with van der Waals surface area (Å²) in [7, 11) is 0. The zero-order valence-corrected chi connectivity index (χ0v) is 12.2. The molecule has 8 heteroatoms. The van der Waals surface area contributed by atoms with Crippen molar-refractivity contribution in [2.24, 2.45) is 0 Å². The van der Waals surface area contributed by atoms with Gasteiger partial charge in [-0.1, -0.05) is 25.1 Å². The first-order valence-corrected chi connectivity index (χ1v) is 7.84. The number of carbonyl (C=O) groups is 1. The summed E-state index contributed by atoms with van der Waals surface area (Å²) in [5, 5.41) is 12.1. The van der Waals surface area contributed by atoms with Crippen LogP contribution in [-0.4, -0.2) is 38.3 Å². The van der Waals surface area contributed by atoms with E-state index < -0.39 is 12.0 Å². The number of hydrogen-bond donors (Lipinski definition) is 2. The normalized spacial score (nSPS) is 12.5. The minimum atomic E-state index is -0.872. The van der Waals surface area contributed by atoms with Gasteiger partial charge in [0, 0.05) is 0 Å². The van der Waals surface area contributed by atoms with Crippen molar-refractivity contribution in [3.63, 3.8) is 0 Å². The van der Waals surface area contributed by atoms with Crippen molar-refractivity contribution in [2.45, 2.75) is 30.1 Å². The van der Waals surface area contributed by atoms with Crippen LogP contribution in [0.1, 0.15) is 19.8 Å². The number of anilines is 1. The Morgan fingerprint density at radius 3 is 3.00 bits per heavy atom. The van der Waals surface area contributed by atoms with Gasteiger partial charge < -0.3 is 10.4 Å². The molecule has 2 heterocycles. The van der Waals surface area contributed by atoms with Gasteiger partial charge in [0.25, 0.3) is 0 Å². The maximum Gasteiger partial charge on any atom is 0.326 e. The Hall–Kier alpha value is -1.41. The van der Waals surface area contributed by atoms with Crippen LogP contribution in [-0.2, 0) is 4.79 Å². The van der Waals surface area contributed by atoms with E-state index in [1.807, 2.05) is 13.2 Å². The molecule has 0 fully saturated rings. The van der Waals surface area contributed by atoms with Gasteiger partial charge in [-0.3, -0.25) is 0 Å². The number of aliphatic carboxylic acids is 1. The Balaban J connectivity index is 2.33. The summed E-state index contributed by atoms with van der Waals surface area (Å²) >= 11 is 3.00. The average molecular weight is 298 g/mol. The molecule has 0 aromatic carbocycles. The van der Waals surface area contributed by atoms with Crippen LogP contribution in [0.4, 0.5) is 5.82 Å². The van der Waals surface area contributed by atoms with Crippen LogP contribution >= 0.6 is 23.1 Å². The van der Waals surface area contributed by atoms with E-state index in [9.17, 15) is 4.79 Å². The van der Waals surface area contributed by atoms with Crippen LogP contribution in [0.25, 0.3) is 10.3 Å². The molecule has 0 saturated heterocycles. The summed E-state index contributed by atoms with van der Waals surface area (Å²) in [5.41, 5.74) is 0.604. The molecule has 0 aliphatic carbocycles. The molecule has 2 rings (SSSR count). The maximum absolute atomic E-state index is 11.2. The van der Waals surface area contributed by atoms with E-state index in [1.54, 1.807) is 0 Å². The third-order valence-corrected chi connectivity index (χ3v) is 4.57. The third-order valence-electron chi connectivity index (χ3n) is 2.53. The predicted octanol–water partition coefficient (Wildman–Crippen LogP) is 2.47. The van der Waals surface area contributed by atoms with Crippen molar-refractivity contribution >= 4 is 45.2 Å². The standard InChI is InChI=1S/C11H14N4O2S2/c1-3-4-6(10(16)17)14-8-7-9(13-5-12-8)15-11(18-2)19-7/h5-6H,3-4H2,1-2H3,(H,16,17)(H,12,13,14). The van der Waals surface area contributed by atoms with Crippen LogP contribution in [0, 0.1) is 0 Å². The summed E-state index contributed by atoms with van der Waals surface area (Å²) in [6.07, 6.45) is 4.68. The molecule has 0 spiro atoms. The Labute approximate surface area is 118 Å². The molecule has 1 unspecified atom stereocenters. The van der Waals surface area contributed by atoms with Crippen LogP contribution in [0.5, 0.6) is 0 Å². The highest BCUT2D eigenvalue weighted by molar-refractivity contribution is 8.00. The monoisotopic (exact) mass is 298 g/mol. The zero-order valence-electron chi connectivity index (χ0n) is 10.6. The molecule has 0 aliphatic rings. The van der Waals surface area contributed by atoms with Gasteiger partial charge >= 0.3 is 5.97 Å². The largest absolute Gasteiger partial charge is 0.480 e. The molecule has 2 N–H and O–H groups in total. The molecular formula is C11H14N4O2S2. The van der Waals surface area contributed by atoms with Gasteiger partial charge in [0.2, 0.25) is 0 Å². The number of fused-ring (bicyclic) bond motifs is 1. The van der Waals surface area contributed by atoms with Gasteiger partial charge in [0.15, 0.2) is 9.99 Å². The second-order valence-electron chi connectivity index (χ2n) is 3.88. The van der Waals surface area contributed by atoms with Crippen molar-refractivity contribution in [3.05, 3.63) is 6.33 Å². The SMILES string of the molecule is CCCC(Nc1ncnc2nc(SC)sc12)C(=O)O. The molecule has 2 aromatic heterocycles. The highest BCUT2D eigenvalue weighted by Gasteiger charge is 2.19. The molecular weight excluding hydrogens is 284 g/mol. The van der Waals surface area contributed by atoms with E-state index in [0.717, 1.165) is 15.5 Å². The molecule has 0 radical (unpaired) electrons. The average Bonchev–Trinajstić information content (AvgIpc) is 2.82. The lowest BCUT2D eigenvalue weighted by Gasteiger charge is -2.13. The third kappa shape index (κ3) is 3.13. The van der Waals surface area contributed by atoms with Gasteiger partial charge in [-0.25, -0.2) is 19.7 Å². The molecule has 19 heavy (non-hydrogen) atoms. The van der Waals surface area contributed by atoms with Gasteiger partial charge in [-0.05, 0) is 12.7 Å². The summed E-state index contributed by atoms with van der Waals surface area (Å²) in [4.78, 5) is 23.7. The minimum absolute atomic E-state index is 0.545. The highest BCUT2D eigenvalue weighted by atomic mass is 32.2. The van der Waals surface area contributed by atoms with Crippen LogP contribution in [0.2, 0.25) is 0 Å². The summed E-state index contributed by atoms with van der Waals surface area (Å²) in [5.74, 6) is -0.327. The quantitative estimate of drug-likeness (QED) is 0.792. The predicted molar refractivity (Wildman–Crippen MR) is 76.9 cm³/mol. The maximum atomic E-state index is 11.2. The van der Waals surface area contributed by atoms with Crippen LogP contribution in [0.3, 0.4) is 0 Å². The lowest BCUT2D eigenvalue weighted by atomic mass is 10.2. The van der Waals surface area contributed by atoms with Gasteiger partial charge in [0.1, 0.15) is 22.9 Å².